The Morgan fingerprint density at radius 2 is 0.664 bits per heavy atom. The minimum atomic E-state index is -0.733. The van der Waals surface area contributed by atoms with Crippen molar-refractivity contribution >= 4 is 57.3 Å². The summed E-state index contributed by atoms with van der Waals surface area (Å²) in [6.45, 7) is 19.6. The Morgan fingerprint density at radius 3 is 1.00 bits per heavy atom. The Balaban J connectivity index is 5.68. The summed E-state index contributed by atoms with van der Waals surface area (Å²) in [5, 5.41) is 51.3. The van der Waals surface area contributed by atoms with Crippen LogP contribution in [0, 0.1) is 0 Å². The zero-order valence-corrected chi connectivity index (χ0v) is 70.3. The summed E-state index contributed by atoms with van der Waals surface area (Å²) < 4.78 is 21.6. The molecule has 0 aromatic carbocycles. The van der Waals surface area contributed by atoms with Gasteiger partial charge in [-0.2, -0.15) is 0 Å². The molecule has 624 valence electrons. The van der Waals surface area contributed by atoms with E-state index in [1.165, 1.54) is 77.0 Å². The average Bonchev–Trinajstić information content (AvgIpc) is 0.954. The first-order chi connectivity index (χ1) is 52.1. The summed E-state index contributed by atoms with van der Waals surface area (Å²) in [4.78, 5) is 83.5. The lowest BCUT2D eigenvalue weighted by Crippen LogP contribution is -2.48. The molecule has 107 heavy (non-hydrogen) atoms. The maximum atomic E-state index is 13.8. The molecule has 6 N–H and O–H groups in total. The van der Waals surface area contributed by atoms with Crippen LogP contribution >= 0.6 is 21.6 Å². The number of carbonyl (C=O) groups is 6. The van der Waals surface area contributed by atoms with Crippen LogP contribution in [0.4, 0.5) is 0 Å². The number of allylic oxidation sites excluding steroid dienone is 4. The second-order valence-electron chi connectivity index (χ2n) is 29.2. The first-order valence-corrected chi connectivity index (χ1v) is 45.5. The molecule has 0 radical (unpaired) electrons. The molecule has 0 heterocycles. The summed E-state index contributed by atoms with van der Waals surface area (Å²) in [5.41, 5.74) is 0. The van der Waals surface area contributed by atoms with E-state index < -0.39 is 30.5 Å². The number of esters is 4. The number of nitrogens with zero attached hydrogens (tertiary/aromatic N) is 3. The SMILES string of the molecule is CCCCCC/C=C\COC(=O)CCCCCC(O)CN(CCCCSSCCC(NC(=O)CCCN(CC(O)CCCCCC(=O)OC/C=C\CCCCCC)CC(O)CCCCCC(=O)OC/C=C\CCCCCC)C(=O)NCCN(CC)CC)CC(O)CCCCCC(=O)OC/C=C\CCCCCC. The van der Waals surface area contributed by atoms with Gasteiger partial charge in [0.15, 0.2) is 0 Å². The highest BCUT2D eigenvalue weighted by atomic mass is 33.1. The van der Waals surface area contributed by atoms with Crippen molar-refractivity contribution < 1.29 is 68.1 Å². The number of hydrogen-bond donors (Lipinski definition) is 6. The summed E-state index contributed by atoms with van der Waals surface area (Å²) in [7, 11) is 3.40. The summed E-state index contributed by atoms with van der Waals surface area (Å²) in [6.07, 6.45) is 52.0. The van der Waals surface area contributed by atoms with E-state index in [0.29, 0.717) is 161 Å². The fraction of sp³-hybridized carbons (Fsp3) is 0.837. The Bertz CT molecular complexity index is 2100. The van der Waals surface area contributed by atoms with Crippen LogP contribution in [0.1, 0.15) is 330 Å². The van der Waals surface area contributed by atoms with Crippen LogP contribution in [0.25, 0.3) is 0 Å². The smallest absolute Gasteiger partial charge is 0.306 e. The van der Waals surface area contributed by atoms with Gasteiger partial charge in [-0.05, 0) is 155 Å². The summed E-state index contributed by atoms with van der Waals surface area (Å²) in [5.74, 6) is 0.185. The lowest BCUT2D eigenvalue weighted by molar-refractivity contribution is -0.143. The molecule has 0 aliphatic carbocycles. The highest BCUT2D eigenvalue weighted by molar-refractivity contribution is 8.76. The van der Waals surface area contributed by atoms with Crippen molar-refractivity contribution in [1.82, 2.24) is 25.3 Å². The summed E-state index contributed by atoms with van der Waals surface area (Å²) >= 11 is 0. The standard InChI is InChI=1S/C86H159N5O14S2/c1-7-13-17-21-25-29-46-66-102-82(97)57-41-33-37-52-76(92)72-90(73-77(93)53-38-34-42-58-83(98)103-67-47-30-26-22-18-14-8-2)63-45-50-70-106-107-71-61-80(86(101)87-62-65-89(11-5)12-6)88-81(96)56-51-64-91(74-78(94)54-39-35-43-59-84(99)104-68-48-31-27-23-19-15-9-3)75-79(95)55-40-36-44-60-85(100)105-69-49-32-28-24-20-16-10-4/h29-32,46-49,76-80,92-95H,7-28,33-45,50-75H2,1-6H3,(H,87,101)(H,88,96)/b46-29-,47-30-,48-31-,49-32-. The molecule has 0 saturated heterocycles. The topological polar surface area (TPSA) is 254 Å². The maximum Gasteiger partial charge on any atom is 0.306 e. The lowest BCUT2D eigenvalue weighted by Gasteiger charge is -2.27. The van der Waals surface area contributed by atoms with Gasteiger partial charge < -0.3 is 54.9 Å². The van der Waals surface area contributed by atoms with Crippen LogP contribution in [0.15, 0.2) is 48.6 Å². The van der Waals surface area contributed by atoms with E-state index in [1.54, 1.807) is 21.6 Å². The molecule has 5 atom stereocenters. The molecule has 0 spiro atoms. The molecular weight excluding hydrogens is 1390 g/mol. The van der Waals surface area contributed by atoms with Gasteiger partial charge >= 0.3 is 23.9 Å². The van der Waals surface area contributed by atoms with E-state index >= 15 is 0 Å². The first kappa shape index (κ1) is 103. The van der Waals surface area contributed by atoms with E-state index in [0.717, 1.165) is 134 Å². The van der Waals surface area contributed by atoms with Crippen LogP contribution in [0.3, 0.4) is 0 Å². The predicted octanol–water partition coefficient (Wildman–Crippen LogP) is 17.4. The van der Waals surface area contributed by atoms with Gasteiger partial charge in [0.1, 0.15) is 32.5 Å². The van der Waals surface area contributed by atoms with Crippen molar-refractivity contribution in [3.05, 3.63) is 48.6 Å². The van der Waals surface area contributed by atoms with Crippen molar-refractivity contribution in [2.75, 3.05) is 103 Å². The van der Waals surface area contributed by atoms with E-state index in [9.17, 15) is 49.2 Å². The molecule has 0 rings (SSSR count). The highest BCUT2D eigenvalue weighted by Crippen LogP contribution is 2.25. The highest BCUT2D eigenvalue weighted by Gasteiger charge is 2.23. The first-order valence-electron chi connectivity index (χ1n) is 43.0. The molecule has 0 bridgehead atoms. The number of aliphatic hydroxyl groups excluding tert-OH is 4. The Morgan fingerprint density at radius 1 is 0.336 bits per heavy atom. The number of carbonyl (C=O) groups excluding carboxylic acids is 6. The molecule has 19 nitrogen and oxygen atoms in total. The van der Waals surface area contributed by atoms with E-state index in [-0.39, 0.29) is 55.3 Å². The Hall–Kier alpha value is -3.80. The van der Waals surface area contributed by atoms with Gasteiger partial charge in [0.25, 0.3) is 0 Å². The second kappa shape index (κ2) is 78.9. The Kier molecular flexibility index (Phi) is 76.1. The van der Waals surface area contributed by atoms with E-state index in [2.05, 4.69) is 86.3 Å². The largest absolute Gasteiger partial charge is 0.461 e. The van der Waals surface area contributed by atoms with Crippen molar-refractivity contribution in [3.63, 3.8) is 0 Å². The third kappa shape index (κ3) is 72.2. The van der Waals surface area contributed by atoms with Crippen molar-refractivity contribution in [3.8, 4) is 0 Å². The van der Waals surface area contributed by atoms with E-state index in [4.69, 9.17) is 18.9 Å². The molecular formula is C86H159N5O14S2. The number of ether oxygens (including phenoxy) is 4. The van der Waals surface area contributed by atoms with Gasteiger partial charge in [-0.3, -0.25) is 38.6 Å². The molecule has 2 amide bonds. The maximum absolute atomic E-state index is 13.8. The van der Waals surface area contributed by atoms with Crippen LogP contribution in [-0.4, -0.2) is 205 Å². The molecule has 0 saturated carbocycles. The quantitative estimate of drug-likeness (QED) is 0.0109. The van der Waals surface area contributed by atoms with Gasteiger partial charge in [-0.1, -0.05) is 240 Å². The lowest BCUT2D eigenvalue weighted by atomic mass is 10.1. The number of nitrogens with one attached hydrogen (secondary N) is 2. The number of unbranched alkanes of at least 4 members (excludes halogenated alkanes) is 25. The van der Waals surface area contributed by atoms with Gasteiger partial charge in [0, 0.05) is 82.9 Å². The van der Waals surface area contributed by atoms with Crippen molar-refractivity contribution in [2.24, 2.45) is 0 Å². The van der Waals surface area contributed by atoms with Crippen LogP contribution in [0.5, 0.6) is 0 Å². The van der Waals surface area contributed by atoms with Crippen LogP contribution < -0.4 is 10.6 Å². The fourth-order valence-corrected chi connectivity index (χ4v) is 14.7. The number of likely N-dealkylation sites (N-methyl/N-ethyl adjacent to an activating group) is 1. The van der Waals surface area contributed by atoms with E-state index in [1.807, 2.05) is 29.2 Å². The van der Waals surface area contributed by atoms with Gasteiger partial charge in [0.05, 0.1) is 24.4 Å². The fourth-order valence-electron chi connectivity index (χ4n) is 12.5. The van der Waals surface area contributed by atoms with Crippen LogP contribution in [0.2, 0.25) is 0 Å². The van der Waals surface area contributed by atoms with Gasteiger partial charge in [-0.25, -0.2) is 0 Å². The minimum absolute atomic E-state index is 0.153. The summed E-state index contributed by atoms with van der Waals surface area (Å²) in [6, 6.07) is -0.733. The molecule has 21 heteroatoms. The molecule has 0 fully saturated rings. The molecule has 0 aliphatic rings. The van der Waals surface area contributed by atoms with Gasteiger partial charge in [0.2, 0.25) is 11.8 Å². The minimum Gasteiger partial charge on any atom is -0.461 e. The predicted molar refractivity (Wildman–Crippen MR) is 445 cm³/mol. The number of amides is 2. The average molecular weight is 1550 g/mol. The molecule has 0 aliphatic heterocycles. The zero-order chi connectivity index (χ0) is 78.5. The zero-order valence-electron chi connectivity index (χ0n) is 68.7. The molecule has 5 unspecified atom stereocenters. The van der Waals surface area contributed by atoms with Crippen molar-refractivity contribution in [2.45, 2.75) is 361 Å². The van der Waals surface area contributed by atoms with Crippen molar-refractivity contribution in [1.29, 1.82) is 0 Å². The molecule has 0 aromatic rings. The monoisotopic (exact) mass is 1550 g/mol. The Labute approximate surface area is 660 Å². The number of aliphatic hydroxyl groups is 4. The van der Waals surface area contributed by atoms with Crippen LogP contribution in [-0.2, 0) is 47.7 Å². The normalized spacial score (nSPS) is 13.4. The van der Waals surface area contributed by atoms with Gasteiger partial charge in [-0.15, -0.1) is 0 Å². The third-order valence-corrected chi connectivity index (χ3v) is 21.7. The molecule has 0 aromatic heterocycles. The third-order valence-electron chi connectivity index (χ3n) is 19.2. The number of rotatable bonds is 80. The second-order valence-corrected chi connectivity index (χ2v) is 31.9. The number of hydrogen-bond acceptors (Lipinski definition) is 19.